The van der Waals surface area contributed by atoms with Crippen LogP contribution in [0.5, 0.6) is 0 Å². The molecule has 1 aromatic rings. The number of sulfonamides is 1. The molecule has 0 aromatic heterocycles. The van der Waals surface area contributed by atoms with Crippen LogP contribution in [0.1, 0.15) is 32.8 Å². The molecule has 1 rings (SSSR count). The molecule has 0 aliphatic heterocycles. The molecule has 0 heterocycles. The molecule has 1 aromatic carbocycles. The summed E-state index contributed by atoms with van der Waals surface area (Å²) in [7, 11) is -3.47. The van der Waals surface area contributed by atoms with E-state index in [1.54, 1.807) is 18.2 Å². The highest BCUT2D eigenvalue weighted by atomic mass is 79.9. The number of hydrogen-bond donors (Lipinski definition) is 1. The maximum Gasteiger partial charge on any atom is 0.244 e. The Kier molecular flexibility index (Phi) is 5.98. The Hall–Kier alpha value is -0.430. The second-order valence-corrected chi connectivity index (χ2v) is 7.15. The van der Waals surface area contributed by atoms with Crippen LogP contribution in [0.3, 0.4) is 0 Å². The van der Waals surface area contributed by atoms with Crippen molar-refractivity contribution in [2.45, 2.75) is 44.7 Å². The van der Waals surface area contributed by atoms with E-state index in [9.17, 15) is 8.42 Å². The largest absolute Gasteiger partial charge is 0.326 e. The molecule has 0 aliphatic carbocycles. The number of rotatable bonds is 6. The van der Waals surface area contributed by atoms with Crippen molar-refractivity contribution in [3.05, 3.63) is 28.2 Å². The van der Waals surface area contributed by atoms with Crippen LogP contribution in [0.15, 0.2) is 27.6 Å². The molecule has 0 spiro atoms. The minimum Gasteiger partial charge on any atom is -0.326 e. The number of hydrogen-bond acceptors (Lipinski definition) is 3. The lowest BCUT2D eigenvalue weighted by Gasteiger charge is -2.26. The standard InChI is InChI=1S/C13H21BrN2O2S/c1-4-10(3)16(5-2)19(17,18)13-7-6-11(9-15)8-12(13)14/h6-8,10H,4-5,9,15H2,1-3H3. The minimum absolute atomic E-state index is 0.0175. The Morgan fingerprint density at radius 2 is 2.00 bits per heavy atom. The lowest BCUT2D eigenvalue weighted by molar-refractivity contribution is 0.342. The summed E-state index contributed by atoms with van der Waals surface area (Å²) in [6.45, 7) is 6.61. The first-order valence-electron chi connectivity index (χ1n) is 6.38. The highest BCUT2D eigenvalue weighted by molar-refractivity contribution is 9.10. The molecule has 4 nitrogen and oxygen atoms in total. The third-order valence-corrected chi connectivity index (χ3v) is 6.28. The van der Waals surface area contributed by atoms with Crippen LogP contribution in [0.2, 0.25) is 0 Å². The molecule has 0 aliphatic rings. The monoisotopic (exact) mass is 348 g/mol. The van der Waals surface area contributed by atoms with Gasteiger partial charge in [0.25, 0.3) is 0 Å². The lowest BCUT2D eigenvalue weighted by Crippen LogP contribution is -2.38. The number of benzene rings is 1. The first kappa shape index (κ1) is 16.6. The average molecular weight is 349 g/mol. The summed E-state index contributed by atoms with van der Waals surface area (Å²) < 4.78 is 27.4. The molecular weight excluding hydrogens is 328 g/mol. The first-order chi connectivity index (χ1) is 8.88. The van der Waals surface area contributed by atoms with Gasteiger partial charge in [0, 0.05) is 23.6 Å². The van der Waals surface area contributed by atoms with Crippen LogP contribution in [0, 0.1) is 0 Å². The summed E-state index contributed by atoms with van der Waals surface area (Å²) in [5.41, 5.74) is 6.45. The van der Waals surface area contributed by atoms with Gasteiger partial charge in [-0.15, -0.1) is 0 Å². The van der Waals surface area contributed by atoms with Gasteiger partial charge in [-0.25, -0.2) is 8.42 Å². The van der Waals surface area contributed by atoms with Crippen LogP contribution in [-0.4, -0.2) is 25.3 Å². The Bertz CT molecular complexity index is 531. The molecule has 2 N–H and O–H groups in total. The van der Waals surface area contributed by atoms with E-state index in [-0.39, 0.29) is 6.04 Å². The SMILES string of the molecule is CCC(C)N(CC)S(=O)(=O)c1ccc(CN)cc1Br. The van der Waals surface area contributed by atoms with Gasteiger partial charge in [-0.2, -0.15) is 4.31 Å². The van der Waals surface area contributed by atoms with E-state index in [2.05, 4.69) is 15.9 Å². The van der Waals surface area contributed by atoms with Crippen molar-refractivity contribution in [1.29, 1.82) is 0 Å². The third-order valence-electron chi connectivity index (χ3n) is 3.21. The van der Waals surface area contributed by atoms with Gasteiger partial charge in [-0.1, -0.05) is 19.9 Å². The molecular formula is C13H21BrN2O2S. The summed E-state index contributed by atoms with van der Waals surface area (Å²) in [5, 5.41) is 0. The zero-order chi connectivity index (χ0) is 14.6. The Balaban J connectivity index is 3.26. The summed E-state index contributed by atoms with van der Waals surface area (Å²) in [5.74, 6) is 0. The van der Waals surface area contributed by atoms with E-state index in [1.807, 2.05) is 20.8 Å². The smallest absolute Gasteiger partial charge is 0.244 e. The van der Waals surface area contributed by atoms with Crippen LogP contribution >= 0.6 is 15.9 Å². The molecule has 0 fully saturated rings. The fourth-order valence-corrected chi connectivity index (χ4v) is 4.73. The molecule has 0 saturated heterocycles. The topological polar surface area (TPSA) is 63.4 Å². The van der Waals surface area contributed by atoms with Gasteiger partial charge in [0.2, 0.25) is 10.0 Å². The molecule has 0 radical (unpaired) electrons. The predicted octanol–water partition coefficient (Wildman–Crippen LogP) is 2.72. The number of nitrogens with two attached hydrogens (primary N) is 1. The lowest BCUT2D eigenvalue weighted by atomic mass is 10.2. The van der Waals surface area contributed by atoms with Crippen molar-refractivity contribution >= 4 is 26.0 Å². The van der Waals surface area contributed by atoms with Crippen molar-refractivity contribution in [3.8, 4) is 0 Å². The molecule has 1 atom stereocenters. The first-order valence-corrected chi connectivity index (χ1v) is 8.62. The zero-order valence-corrected chi connectivity index (χ0v) is 14.0. The van der Waals surface area contributed by atoms with Crippen molar-refractivity contribution in [2.24, 2.45) is 5.73 Å². The maximum absolute atomic E-state index is 12.6. The molecule has 108 valence electrons. The van der Waals surface area contributed by atoms with Crippen molar-refractivity contribution in [3.63, 3.8) is 0 Å². The summed E-state index contributed by atoms with van der Waals surface area (Å²) >= 11 is 3.33. The molecule has 0 saturated carbocycles. The Morgan fingerprint density at radius 3 is 2.42 bits per heavy atom. The van der Waals surface area contributed by atoms with Crippen molar-refractivity contribution < 1.29 is 8.42 Å². The third kappa shape index (κ3) is 3.56. The Labute approximate surface area is 124 Å². The van der Waals surface area contributed by atoms with Gasteiger partial charge in [-0.05, 0) is 47.0 Å². The van der Waals surface area contributed by atoms with Crippen LogP contribution in [0.4, 0.5) is 0 Å². The second kappa shape index (κ2) is 6.83. The number of nitrogens with zero attached hydrogens (tertiary/aromatic N) is 1. The minimum atomic E-state index is -3.47. The highest BCUT2D eigenvalue weighted by Gasteiger charge is 2.28. The molecule has 1 unspecified atom stereocenters. The predicted molar refractivity (Wildman–Crippen MR) is 81.4 cm³/mol. The van der Waals surface area contributed by atoms with Crippen molar-refractivity contribution in [1.82, 2.24) is 4.31 Å². The van der Waals surface area contributed by atoms with Crippen molar-refractivity contribution in [2.75, 3.05) is 6.54 Å². The van der Waals surface area contributed by atoms with Crippen LogP contribution < -0.4 is 5.73 Å². The van der Waals surface area contributed by atoms with E-state index in [0.717, 1.165) is 12.0 Å². The molecule has 0 bridgehead atoms. The Morgan fingerprint density at radius 1 is 1.37 bits per heavy atom. The van der Waals surface area contributed by atoms with Gasteiger partial charge in [0.15, 0.2) is 0 Å². The van der Waals surface area contributed by atoms with E-state index in [4.69, 9.17) is 5.73 Å². The summed E-state index contributed by atoms with van der Waals surface area (Å²) in [6.07, 6.45) is 0.783. The maximum atomic E-state index is 12.6. The fourth-order valence-electron chi connectivity index (χ4n) is 1.93. The van der Waals surface area contributed by atoms with Gasteiger partial charge < -0.3 is 5.73 Å². The zero-order valence-electron chi connectivity index (χ0n) is 11.6. The second-order valence-electron chi connectivity index (χ2n) is 4.43. The normalized spacial score (nSPS) is 13.8. The molecule has 0 amide bonds. The van der Waals surface area contributed by atoms with E-state index >= 15 is 0 Å². The van der Waals surface area contributed by atoms with Gasteiger partial charge in [0.05, 0.1) is 4.90 Å². The average Bonchev–Trinajstić information content (AvgIpc) is 2.38. The van der Waals surface area contributed by atoms with Crippen LogP contribution in [-0.2, 0) is 16.6 Å². The molecule has 6 heteroatoms. The summed E-state index contributed by atoms with van der Waals surface area (Å²) in [4.78, 5) is 0.298. The van der Waals surface area contributed by atoms with Gasteiger partial charge in [-0.3, -0.25) is 0 Å². The van der Waals surface area contributed by atoms with E-state index in [1.165, 1.54) is 4.31 Å². The summed E-state index contributed by atoms with van der Waals surface area (Å²) in [6, 6.07) is 5.11. The van der Waals surface area contributed by atoms with Gasteiger partial charge in [0.1, 0.15) is 0 Å². The van der Waals surface area contributed by atoms with Crippen LogP contribution in [0.25, 0.3) is 0 Å². The van der Waals surface area contributed by atoms with Gasteiger partial charge >= 0.3 is 0 Å². The van der Waals surface area contributed by atoms with E-state index < -0.39 is 10.0 Å². The van der Waals surface area contributed by atoms with E-state index in [0.29, 0.717) is 22.5 Å². The molecule has 19 heavy (non-hydrogen) atoms. The highest BCUT2D eigenvalue weighted by Crippen LogP contribution is 2.27. The quantitative estimate of drug-likeness (QED) is 0.859. The number of halogens is 1. The fraction of sp³-hybridized carbons (Fsp3) is 0.538.